The van der Waals surface area contributed by atoms with Gasteiger partial charge >= 0.3 is 5.97 Å². The average molecular weight is 173 g/mol. The second kappa shape index (κ2) is 5.03. The van der Waals surface area contributed by atoms with Crippen molar-refractivity contribution in [2.45, 2.75) is 25.0 Å². The quantitative estimate of drug-likeness (QED) is 0.630. The van der Waals surface area contributed by atoms with Gasteiger partial charge in [-0.05, 0) is 6.42 Å². The van der Waals surface area contributed by atoms with Gasteiger partial charge in [0.15, 0.2) is 0 Å². The van der Waals surface area contributed by atoms with Gasteiger partial charge in [0, 0.05) is 5.25 Å². The van der Waals surface area contributed by atoms with E-state index >= 15 is 0 Å². The van der Waals surface area contributed by atoms with Gasteiger partial charge in [0.05, 0.1) is 18.4 Å². The van der Waals surface area contributed by atoms with Gasteiger partial charge in [0.2, 0.25) is 0 Å². The molecule has 0 rings (SSSR count). The van der Waals surface area contributed by atoms with Crippen LogP contribution in [0.1, 0.15) is 19.8 Å². The summed E-state index contributed by atoms with van der Waals surface area (Å²) >= 11 is 4.07. The Morgan fingerprint density at radius 3 is 2.64 bits per heavy atom. The lowest BCUT2D eigenvalue weighted by Crippen LogP contribution is -2.09. The first-order chi connectivity index (χ1) is 5.06. The first-order valence-electron chi connectivity index (χ1n) is 3.35. The molecule has 0 aliphatic rings. The normalized spacial score (nSPS) is 15.0. The van der Waals surface area contributed by atoms with E-state index in [0.29, 0.717) is 6.42 Å². The molecule has 0 saturated carbocycles. The Kier molecular flexibility index (Phi) is 4.71. The molecule has 1 unspecified atom stereocenters. The van der Waals surface area contributed by atoms with E-state index in [4.69, 9.17) is 10.4 Å². The molecule has 0 heterocycles. The molecule has 11 heavy (non-hydrogen) atoms. The van der Waals surface area contributed by atoms with Gasteiger partial charge in [0.25, 0.3) is 0 Å². The molecule has 2 atom stereocenters. The first-order valence-corrected chi connectivity index (χ1v) is 3.87. The zero-order valence-corrected chi connectivity index (χ0v) is 7.21. The van der Waals surface area contributed by atoms with Crippen molar-refractivity contribution in [3.05, 3.63) is 0 Å². The van der Waals surface area contributed by atoms with Gasteiger partial charge in [0.1, 0.15) is 0 Å². The van der Waals surface area contributed by atoms with Gasteiger partial charge in [-0.1, -0.05) is 6.92 Å². The minimum atomic E-state index is -0.925. The molecule has 0 spiro atoms. The number of hydrogen-bond acceptors (Lipinski definition) is 3. The summed E-state index contributed by atoms with van der Waals surface area (Å²) in [6, 6.07) is 1.94. The highest BCUT2D eigenvalue weighted by molar-refractivity contribution is 7.80. The molecule has 0 fully saturated rings. The van der Waals surface area contributed by atoms with Crippen molar-refractivity contribution in [1.82, 2.24) is 0 Å². The smallest absolute Gasteiger partial charge is 0.304 e. The minimum Gasteiger partial charge on any atom is -0.481 e. The molecule has 0 aliphatic heterocycles. The summed E-state index contributed by atoms with van der Waals surface area (Å²) in [5, 5.41) is 16.9. The van der Waals surface area contributed by atoms with Crippen molar-refractivity contribution < 1.29 is 9.90 Å². The van der Waals surface area contributed by atoms with E-state index in [9.17, 15) is 4.79 Å². The number of nitrogens with zero attached hydrogens (tertiary/aromatic N) is 1. The van der Waals surface area contributed by atoms with E-state index in [0.717, 1.165) is 0 Å². The third-order valence-corrected chi connectivity index (χ3v) is 1.44. The van der Waals surface area contributed by atoms with E-state index in [1.165, 1.54) is 0 Å². The summed E-state index contributed by atoms with van der Waals surface area (Å²) in [5.41, 5.74) is 0. The molecule has 0 aromatic heterocycles. The Bertz CT molecular complexity index is 174. The van der Waals surface area contributed by atoms with Crippen molar-refractivity contribution >= 4 is 18.6 Å². The molecule has 0 amide bonds. The predicted octanol–water partition coefficient (Wildman–Crippen LogP) is 1.31. The number of carboxylic acid groups (broad SMARTS) is 1. The van der Waals surface area contributed by atoms with Crippen molar-refractivity contribution in [3.63, 3.8) is 0 Å². The van der Waals surface area contributed by atoms with Gasteiger partial charge < -0.3 is 5.11 Å². The van der Waals surface area contributed by atoms with Crippen LogP contribution in [0.4, 0.5) is 0 Å². The summed E-state index contributed by atoms with van der Waals surface area (Å²) in [6.07, 6.45) is 0.452. The maximum Gasteiger partial charge on any atom is 0.304 e. The lowest BCUT2D eigenvalue weighted by molar-refractivity contribution is -0.137. The number of nitriles is 1. The number of carbonyl (C=O) groups is 1. The Hall–Kier alpha value is -0.690. The summed E-state index contributed by atoms with van der Waals surface area (Å²) in [4.78, 5) is 10.2. The molecule has 62 valence electrons. The van der Waals surface area contributed by atoms with Gasteiger partial charge in [-0.3, -0.25) is 4.79 Å². The van der Waals surface area contributed by atoms with Gasteiger partial charge in [-0.25, -0.2) is 0 Å². The van der Waals surface area contributed by atoms with Crippen LogP contribution in [-0.2, 0) is 4.79 Å². The topological polar surface area (TPSA) is 61.1 Å². The van der Waals surface area contributed by atoms with Crippen LogP contribution in [0.25, 0.3) is 0 Å². The summed E-state index contributed by atoms with van der Waals surface area (Å²) in [5.74, 6) is -1.33. The average Bonchev–Trinajstić information content (AvgIpc) is 1.84. The highest BCUT2D eigenvalue weighted by atomic mass is 32.1. The second-order valence-electron chi connectivity index (χ2n) is 2.51. The molecule has 0 aliphatic carbocycles. The molecular weight excluding hydrogens is 162 g/mol. The highest BCUT2D eigenvalue weighted by Crippen LogP contribution is 2.13. The highest BCUT2D eigenvalue weighted by Gasteiger charge is 2.13. The van der Waals surface area contributed by atoms with Crippen molar-refractivity contribution in [3.8, 4) is 6.07 Å². The van der Waals surface area contributed by atoms with Crippen molar-refractivity contribution in [1.29, 1.82) is 5.26 Å². The lowest BCUT2D eigenvalue weighted by Gasteiger charge is -2.07. The number of rotatable bonds is 4. The molecular formula is C7H11NO2S. The lowest BCUT2D eigenvalue weighted by atomic mass is 10.0. The van der Waals surface area contributed by atoms with E-state index in [1.54, 1.807) is 0 Å². The Morgan fingerprint density at radius 2 is 2.36 bits per heavy atom. The zero-order valence-electron chi connectivity index (χ0n) is 6.32. The molecule has 0 aromatic carbocycles. The first kappa shape index (κ1) is 10.3. The molecule has 0 saturated heterocycles. The largest absolute Gasteiger partial charge is 0.481 e. The van der Waals surface area contributed by atoms with Crippen LogP contribution in [0.2, 0.25) is 0 Å². The van der Waals surface area contributed by atoms with E-state index in [-0.39, 0.29) is 11.7 Å². The number of carboxylic acids is 1. The summed E-state index contributed by atoms with van der Waals surface area (Å²) in [7, 11) is 0. The molecule has 0 aromatic rings. The fourth-order valence-electron chi connectivity index (χ4n) is 0.804. The van der Waals surface area contributed by atoms with Crippen LogP contribution in [0.15, 0.2) is 0 Å². The summed E-state index contributed by atoms with van der Waals surface area (Å²) in [6.45, 7) is 1.84. The maximum atomic E-state index is 10.2. The fourth-order valence-corrected chi connectivity index (χ4v) is 1.06. The SMILES string of the molecule is CC(S)C[C@@H](C#N)CC(=O)O. The predicted molar refractivity (Wildman–Crippen MR) is 44.4 cm³/mol. The van der Waals surface area contributed by atoms with Crippen LogP contribution in [0.3, 0.4) is 0 Å². The number of aliphatic carboxylic acids is 1. The van der Waals surface area contributed by atoms with Crippen LogP contribution < -0.4 is 0 Å². The molecule has 3 nitrogen and oxygen atoms in total. The van der Waals surface area contributed by atoms with Crippen LogP contribution in [0, 0.1) is 17.2 Å². The van der Waals surface area contributed by atoms with E-state index < -0.39 is 11.9 Å². The number of hydrogen-bond donors (Lipinski definition) is 2. The zero-order chi connectivity index (χ0) is 8.85. The second-order valence-corrected chi connectivity index (χ2v) is 3.39. The van der Waals surface area contributed by atoms with Crippen molar-refractivity contribution in [2.75, 3.05) is 0 Å². The Balaban J connectivity index is 3.79. The molecule has 0 bridgehead atoms. The monoisotopic (exact) mass is 173 g/mol. The van der Waals surface area contributed by atoms with Crippen LogP contribution in [0.5, 0.6) is 0 Å². The van der Waals surface area contributed by atoms with Gasteiger partial charge in [-0.2, -0.15) is 17.9 Å². The van der Waals surface area contributed by atoms with Crippen LogP contribution >= 0.6 is 12.6 Å². The Morgan fingerprint density at radius 1 is 1.82 bits per heavy atom. The molecule has 1 N–H and O–H groups in total. The molecule has 0 radical (unpaired) electrons. The fraction of sp³-hybridized carbons (Fsp3) is 0.714. The summed E-state index contributed by atoms with van der Waals surface area (Å²) < 4.78 is 0. The van der Waals surface area contributed by atoms with E-state index in [2.05, 4.69) is 12.6 Å². The standard InChI is InChI=1S/C7H11NO2S/c1-5(11)2-6(4-8)3-7(9)10/h5-6,11H,2-3H2,1H3,(H,9,10)/t5?,6-/m1/s1. The third kappa shape index (κ3) is 5.74. The third-order valence-electron chi connectivity index (χ3n) is 1.23. The van der Waals surface area contributed by atoms with E-state index in [1.807, 2.05) is 13.0 Å². The molecule has 4 heteroatoms. The van der Waals surface area contributed by atoms with Crippen LogP contribution in [-0.4, -0.2) is 16.3 Å². The number of thiol groups is 1. The minimum absolute atomic E-state index is 0.0819. The van der Waals surface area contributed by atoms with Gasteiger partial charge in [-0.15, -0.1) is 0 Å². The maximum absolute atomic E-state index is 10.2. The van der Waals surface area contributed by atoms with Crippen molar-refractivity contribution in [2.24, 2.45) is 5.92 Å². The Labute approximate surface area is 71.4 Å².